The molecule has 21 heavy (non-hydrogen) atoms. The van der Waals surface area contributed by atoms with Gasteiger partial charge in [-0.3, -0.25) is 9.78 Å². The first-order valence-corrected chi connectivity index (χ1v) is 6.77. The molecule has 1 atom stereocenters. The quantitative estimate of drug-likeness (QED) is 0.915. The molecular weight excluding hydrogens is 266 g/mol. The molecule has 1 aromatic carbocycles. The van der Waals surface area contributed by atoms with Crippen molar-refractivity contribution in [2.45, 2.75) is 13.0 Å². The molecule has 5 heteroatoms. The third-order valence-corrected chi connectivity index (χ3v) is 3.29. The standard InChI is InChI=1S/C16H19N3O2/c1-12(10-17)19(2)16(20)13-5-7-14(8-6-13)21-15-4-3-9-18-11-15/h3-9,11-12H,10,17H2,1-2H3. The summed E-state index contributed by atoms with van der Waals surface area (Å²) >= 11 is 0. The van der Waals surface area contributed by atoms with Gasteiger partial charge in [-0.2, -0.15) is 0 Å². The maximum absolute atomic E-state index is 12.2. The van der Waals surface area contributed by atoms with Crippen molar-refractivity contribution in [2.75, 3.05) is 13.6 Å². The second-order valence-corrected chi connectivity index (χ2v) is 4.82. The van der Waals surface area contributed by atoms with E-state index in [1.807, 2.05) is 13.0 Å². The molecule has 0 radical (unpaired) electrons. The number of aromatic nitrogens is 1. The van der Waals surface area contributed by atoms with Crippen molar-refractivity contribution >= 4 is 5.91 Å². The fraction of sp³-hybridized carbons (Fsp3) is 0.250. The van der Waals surface area contributed by atoms with Crippen molar-refractivity contribution in [1.82, 2.24) is 9.88 Å². The number of amides is 1. The van der Waals surface area contributed by atoms with Gasteiger partial charge < -0.3 is 15.4 Å². The van der Waals surface area contributed by atoms with Gasteiger partial charge in [0.05, 0.1) is 6.20 Å². The Morgan fingerprint density at radius 1 is 1.29 bits per heavy atom. The lowest BCUT2D eigenvalue weighted by Gasteiger charge is -2.23. The molecule has 2 rings (SSSR count). The first kappa shape index (κ1) is 15.0. The van der Waals surface area contributed by atoms with Gasteiger partial charge in [0.1, 0.15) is 11.5 Å². The molecule has 1 amide bonds. The van der Waals surface area contributed by atoms with E-state index in [0.717, 1.165) is 0 Å². The highest BCUT2D eigenvalue weighted by atomic mass is 16.5. The molecule has 0 bridgehead atoms. The predicted octanol–water partition coefficient (Wildman–Crippen LogP) is 2.29. The lowest BCUT2D eigenvalue weighted by atomic mass is 10.1. The summed E-state index contributed by atoms with van der Waals surface area (Å²) in [7, 11) is 1.75. The summed E-state index contributed by atoms with van der Waals surface area (Å²) in [6.45, 7) is 2.35. The van der Waals surface area contributed by atoms with Crippen LogP contribution in [0, 0.1) is 0 Å². The van der Waals surface area contributed by atoms with Gasteiger partial charge in [0.2, 0.25) is 0 Å². The van der Waals surface area contributed by atoms with Gasteiger partial charge in [-0.25, -0.2) is 0 Å². The fourth-order valence-corrected chi connectivity index (χ4v) is 1.77. The summed E-state index contributed by atoms with van der Waals surface area (Å²) in [5.41, 5.74) is 6.19. The van der Waals surface area contributed by atoms with Gasteiger partial charge >= 0.3 is 0 Å². The smallest absolute Gasteiger partial charge is 0.253 e. The molecule has 1 heterocycles. The lowest BCUT2D eigenvalue weighted by Crippen LogP contribution is -2.39. The van der Waals surface area contributed by atoms with Crippen LogP contribution >= 0.6 is 0 Å². The van der Waals surface area contributed by atoms with Crippen LogP contribution in [0.2, 0.25) is 0 Å². The lowest BCUT2D eigenvalue weighted by molar-refractivity contribution is 0.0748. The summed E-state index contributed by atoms with van der Waals surface area (Å²) in [6, 6.07) is 10.6. The summed E-state index contributed by atoms with van der Waals surface area (Å²) in [5.74, 6) is 1.26. The molecule has 1 unspecified atom stereocenters. The molecule has 2 aromatic rings. The number of nitrogens with zero attached hydrogens (tertiary/aromatic N) is 2. The Hall–Kier alpha value is -2.40. The van der Waals surface area contributed by atoms with Crippen molar-refractivity contribution in [1.29, 1.82) is 0 Å². The number of hydrogen-bond acceptors (Lipinski definition) is 4. The molecule has 0 saturated carbocycles. The third kappa shape index (κ3) is 3.79. The minimum atomic E-state index is -0.0547. The normalized spacial score (nSPS) is 11.8. The molecule has 0 aliphatic heterocycles. The molecule has 0 saturated heterocycles. The van der Waals surface area contributed by atoms with Crippen molar-refractivity contribution in [3.8, 4) is 11.5 Å². The Balaban J connectivity index is 2.07. The van der Waals surface area contributed by atoms with Gasteiger partial charge in [0.25, 0.3) is 5.91 Å². The summed E-state index contributed by atoms with van der Waals surface area (Å²) < 4.78 is 5.63. The van der Waals surface area contributed by atoms with E-state index in [0.29, 0.717) is 23.6 Å². The van der Waals surface area contributed by atoms with Crippen LogP contribution in [0.3, 0.4) is 0 Å². The Labute approximate surface area is 124 Å². The van der Waals surface area contributed by atoms with E-state index in [4.69, 9.17) is 10.5 Å². The molecule has 110 valence electrons. The monoisotopic (exact) mass is 285 g/mol. The SMILES string of the molecule is CC(CN)N(C)C(=O)c1ccc(Oc2cccnc2)cc1. The number of carbonyl (C=O) groups is 1. The van der Waals surface area contributed by atoms with Crippen LogP contribution in [0.1, 0.15) is 17.3 Å². The van der Waals surface area contributed by atoms with Crippen molar-refractivity contribution in [3.63, 3.8) is 0 Å². The van der Waals surface area contributed by atoms with E-state index in [-0.39, 0.29) is 11.9 Å². The van der Waals surface area contributed by atoms with E-state index in [1.165, 1.54) is 0 Å². The fourth-order valence-electron chi connectivity index (χ4n) is 1.77. The van der Waals surface area contributed by atoms with E-state index in [1.54, 1.807) is 54.7 Å². The maximum Gasteiger partial charge on any atom is 0.253 e. The molecule has 2 N–H and O–H groups in total. The average molecular weight is 285 g/mol. The molecule has 0 aliphatic rings. The number of hydrogen-bond donors (Lipinski definition) is 1. The summed E-state index contributed by atoms with van der Waals surface area (Å²) in [4.78, 5) is 17.9. The van der Waals surface area contributed by atoms with Gasteiger partial charge in [-0.05, 0) is 43.3 Å². The zero-order chi connectivity index (χ0) is 15.2. The van der Waals surface area contributed by atoms with Crippen molar-refractivity contribution in [2.24, 2.45) is 5.73 Å². The van der Waals surface area contributed by atoms with E-state index in [2.05, 4.69) is 4.98 Å². The van der Waals surface area contributed by atoms with Gasteiger partial charge in [0.15, 0.2) is 0 Å². The molecule has 0 spiro atoms. The van der Waals surface area contributed by atoms with Crippen LogP contribution < -0.4 is 10.5 Å². The highest BCUT2D eigenvalue weighted by Crippen LogP contribution is 2.21. The number of benzene rings is 1. The number of pyridine rings is 1. The largest absolute Gasteiger partial charge is 0.456 e. The minimum Gasteiger partial charge on any atom is -0.456 e. The van der Waals surface area contributed by atoms with Crippen LogP contribution in [0.15, 0.2) is 48.8 Å². The van der Waals surface area contributed by atoms with Gasteiger partial charge in [0, 0.05) is 31.4 Å². The van der Waals surface area contributed by atoms with Crippen molar-refractivity contribution in [3.05, 3.63) is 54.4 Å². The Kier molecular flexibility index (Phi) is 4.90. The minimum absolute atomic E-state index is 0.00354. The average Bonchev–Trinajstić information content (AvgIpc) is 2.54. The first-order chi connectivity index (χ1) is 10.1. The zero-order valence-corrected chi connectivity index (χ0v) is 12.2. The molecule has 5 nitrogen and oxygen atoms in total. The Morgan fingerprint density at radius 2 is 2.00 bits per heavy atom. The zero-order valence-electron chi connectivity index (χ0n) is 12.2. The third-order valence-electron chi connectivity index (χ3n) is 3.29. The molecule has 0 aliphatic carbocycles. The Bertz CT molecular complexity index is 584. The number of likely N-dealkylation sites (N-methyl/N-ethyl adjacent to an activating group) is 1. The highest BCUT2D eigenvalue weighted by molar-refractivity contribution is 5.94. The molecule has 0 fully saturated rings. The molecule has 1 aromatic heterocycles. The van der Waals surface area contributed by atoms with E-state index < -0.39 is 0 Å². The van der Waals surface area contributed by atoms with Gasteiger partial charge in [-0.1, -0.05) is 0 Å². The second-order valence-electron chi connectivity index (χ2n) is 4.82. The Morgan fingerprint density at radius 3 is 2.57 bits per heavy atom. The van der Waals surface area contributed by atoms with Crippen LogP contribution in [0.4, 0.5) is 0 Å². The van der Waals surface area contributed by atoms with Crippen LogP contribution in [-0.2, 0) is 0 Å². The van der Waals surface area contributed by atoms with Crippen LogP contribution in [-0.4, -0.2) is 35.4 Å². The second kappa shape index (κ2) is 6.85. The van der Waals surface area contributed by atoms with Crippen LogP contribution in [0.5, 0.6) is 11.5 Å². The number of rotatable bonds is 5. The number of carbonyl (C=O) groups excluding carboxylic acids is 1. The van der Waals surface area contributed by atoms with Crippen molar-refractivity contribution < 1.29 is 9.53 Å². The number of ether oxygens (including phenoxy) is 1. The van der Waals surface area contributed by atoms with Crippen LogP contribution in [0.25, 0.3) is 0 Å². The number of nitrogens with two attached hydrogens (primary N) is 1. The van der Waals surface area contributed by atoms with Gasteiger partial charge in [-0.15, -0.1) is 0 Å². The summed E-state index contributed by atoms with van der Waals surface area (Å²) in [5, 5.41) is 0. The van der Waals surface area contributed by atoms with E-state index in [9.17, 15) is 4.79 Å². The highest BCUT2D eigenvalue weighted by Gasteiger charge is 2.16. The molecular formula is C16H19N3O2. The summed E-state index contributed by atoms with van der Waals surface area (Å²) in [6.07, 6.45) is 3.32. The maximum atomic E-state index is 12.2. The topological polar surface area (TPSA) is 68.5 Å². The predicted molar refractivity (Wildman–Crippen MR) is 81.4 cm³/mol. The van der Waals surface area contributed by atoms with E-state index >= 15 is 0 Å². The first-order valence-electron chi connectivity index (χ1n) is 6.77.